The zero-order chi connectivity index (χ0) is 13.4. The van der Waals surface area contributed by atoms with Crippen molar-refractivity contribution < 1.29 is 18.9 Å². The molecule has 0 radical (unpaired) electrons. The highest BCUT2D eigenvalue weighted by molar-refractivity contribution is 5.89. The molecule has 4 nitrogen and oxygen atoms in total. The molecule has 1 saturated carbocycles. The third kappa shape index (κ3) is 1.89. The first-order valence-electron chi connectivity index (χ1n) is 6.63. The Morgan fingerprint density at radius 2 is 2.05 bits per heavy atom. The summed E-state index contributed by atoms with van der Waals surface area (Å²) in [6.07, 6.45) is 6.89. The summed E-state index contributed by atoms with van der Waals surface area (Å²) in [5.74, 6) is -0.259. The molecule has 1 N–H and O–H groups in total. The van der Waals surface area contributed by atoms with Gasteiger partial charge in [-0.05, 0) is 31.7 Å². The van der Waals surface area contributed by atoms with E-state index < -0.39 is 6.04 Å². The highest BCUT2D eigenvalue weighted by Gasteiger charge is 2.34. The van der Waals surface area contributed by atoms with E-state index in [2.05, 4.69) is 0 Å². The number of aromatic hydroxyl groups is 1. The van der Waals surface area contributed by atoms with Gasteiger partial charge in [0.25, 0.3) is 11.3 Å². The number of fused-ring (bicyclic) bond motifs is 1. The minimum absolute atomic E-state index is 0.138. The highest BCUT2D eigenvalue weighted by Crippen LogP contribution is 2.28. The molecule has 0 spiro atoms. The average molecular weight is 263 g/mol. The van der Waals surface area contributed by atoms with Crippen molar-refractivity contribution >= 4 is 11.7 Å². The minimum Gasteiger partial charge on any atom is -0.474 e. The van der Waals surface area contributed by atoms with Crippen LogP contribution in [0.5, 0.6) is 5.88 Å². The van der Waals surface area contributed by atoms with Gasteiger partial charge in [-0.1, -0.05) is 12.5 Å². The van der Waals surface area contributed by atoms with E-state index in [1.807, 2.05) is 6.07 Å². The average Bonchev–Trinajstić information content (AvgIpc) is 2.71. The third-order valence-corrected chi connectivity index (χ3v) is 3.89. The zero-order valence-electron chi connectivity index (χ0n) is 10.6. The summed E-state index contributed by atoms with van der Waals surface area (Å²) in [4.78, 5) is 11.1. The van der Waals surface area contributed by atoms with Gasteiger partial charge in [-0.25, -0.2) is 0 Å². The largest absolute Gasteiger partial charge is 0.474 e. The number of hydrogen-bond acceptors (Lipinski definition) is 2. The van der Waals surface area contributed by atoms with E-state index in [4.69, 9.17) is 0 Å². The maximum Gasteiger partial charge on any atom is 0.379 e. The number of rotatable bonds is 2. The number of nitrogens with zero attached hydrogens (tertiary/aromatic N) is 2. The van der Waals surface area contributed by atoms with Gasteiger partial charge >= 0.3 is 11.9 Å². The molecule has 0 aliphatic heterocycles. The van der Waals surface area contributed by atoms with E-state index in [0.29, 0.717) is 5.65 Å². The Kier molecular flexibility index (Phi) is 2.97. The summed E-state index contributed by atoms with van der Waals surface area (Å²) in [5.41, 5.74) is 0.383. The van der Waals surface area contributed by atoms with Crippen LogP contribution in [-0.4, -0.2) is 15.5 Å². The Morgan fingerprint density at radius 1 is 1.32 bits per heavy atom. The second kappa shape index (κ2) is 4.64. The smallest absolute Gasteiger partial charge is 0.379 e. The van der Waals surface area contributed by atoms with Crippen molar-refractivity contribution in [3.8, 4) is 5.88 Å². The molecule has 0 unspecified atom stereocenters. The molecule has 100 valence electrons. The normalized spacial score (nSPS) is 16.9. The summed E-state index contributed by atoms with van der Waals surface area (Å²) >= 11 is 0. The van der Waals surface area contributed by atoms with Gasteiger partial charge in [-0.15, -0.1) is 0 Å². The molecule has 0 aromatic carbocycles. The van der Waals surface area contributed by atoms with Gasteiger partial charge in [-0.2, -0.15) is 13.4 Å². The van der Waals surface area contributed by atoms with Crippen LogP contribution in [0.1, 0.15) is 48.6 Å². The highest BCUT2D eigenvalue weighted by atomic mass is 19.1. The lowest BCUT2D eigenvalue weighted by atomic mass is 9.95. The van der Waals surface area contributed by atoms with E-state index in [9.17, 15) is 14.3 Å². The molecule has 2 aromatic heterocycles. The minimum atomic E-state index is -1.60. The molecule has 19 heavy (non-hydrogen) atoms. The number of hydrogen-bond donors (Lipinski definition) is 1. The van der Waals surface area contributed by atoms with Crippen molar-refractivity contribution in [3.05, 3.63) is 30.1 Å². The quantitative estimate of drug-likeness (QED) is 0.668. The van der Waals surface area contributed by atoms with Gasteiger partial charge in [0, 0.05) is 6.07 Å². The second-order valence-electron chi connectivity index (χ2n) is 5.04. The molecular formula is C14H16FN2O2+. The standard InChI is InChI=1S/C14H15FN2O2/c15-13(18)12-14(19)17(10-6-2-1-3-7-10)11-8-4-5-9-16(11)12/h4-5,8-10H,1-3,6-7H2/p+1. The lowest BCUT2D eigenvalue weighted by Crippen LogP contribution is -2.40. The monoisotopic (exact) mass is 263 g/mol. The third-order valence-electron chi connectivity index (χ3n) is 3.89. The second-order valence-corrected chi connectivity index (χ2v) is 5.04. The first kappa shape index (κ1) is 12.1. The van der Waals surface area contributed by atoms with Crippen LogP contribution in [0, 0.1) is 0 Å². The van der Waals surface area contributed by atoms with Crippen LogP contribution in [0.25, 0.3) is 5.65 Å². The molecule has 0 amide bonds. The summed E-state index contributed by atoms with van der Waals surface area (Å²) in [6.45, 7) is 0. The molecule has 0 bridgehead atoms. The van der Waals surface area contributed by atoms with Gasteiger partial charge < -0.3 is 5.11 Å². The van der Waals surface area contributed by atoms with Crippen molar-refractivity contribution in [1.29, 1.82) is 0 Å². The number of aromatic nitrogens is 2. The van der Waals surface area contributed by atoms with Crippen molar-refractivity contribution in [2.24, 2.45) is 0 Å². The van der Waals surface area contributed by atoms with E-state index in [-0.39, 0.29) is 17.6 Å². The molecule has 0 saturated heterocycles. The number of imidazole rings is 1. The molecule has 1 aliphatic carbocycles. The Hall–Kier alpha value is -1.91. The molecule has 1 fully saturated rings. The van der Waals surface area contributed by atoms with Crippen LogP contribution in [0.2, 0.25) is 0 Å². The van der Waals surface area contributed by atoms with Crippen molar-refractivity contribution in [1.82, 2.24) is 4.40 Å². The van der Waals surface area contributed by atoms with E-state index in [0.717, 1.165) is 25.7 Å². The SMILES string of the molecule is O=C(F)c1c(O)[n+](C2CCCCC2)c2ccccn12. The molecule has 2 aromatic rings. The van der Waals surface area contributed by atoms with Crippen LogP contribution in [0.4, 0.5) is 4.39 Å². The Bertz CT molecular complexity index is 630. The zero-order valence-corrected chi connectivity index (χ0v) is 10.6. The van der Waals surface area contributed by atoms with E-state index in [1.165, 1.54) is 10.8 Å². The fraction of sp³-hybridized carbons (Fsp3) is 0.429. The first-order chi connectivity index (χ1) is 9.20. The number of halogens is 1. The summed E-state index contributed by atoms with van der Waals surface area (Å²) in [7, 11) is 0. The molecular weight excluding hydrogens is 247 g/mol. The fourth-order valence-electron chi connectivity index (χ4n) is 3.03. The summed E-state index contributed by atoms with van der Waals surface area (Å²) < 4.78 is 16.3. The van der Waals surface area contributed by atoms with Gasteiger partial charge in [0.2, 0.25) is 0 Å². The van der Waals surface area contributed by atoms with Gasteiger partial charge in [-0.3, -0.25) is 4.79 Å². The van der Waals surface area contributed by atoms with E-state index in [1.54, 1.807) is 22.9 Å². The fourth-order valence-corrected chi connectivity index (χ4v) is 3.03. The Labute approximate surface area is 110 Å². The molecule has 0 atom stereocenters. The van der Waals surface area contributed by atoms with Crippen LogP contribution in [0.3, 0.4) is 0 Å². The van der Waals surface area contributed by atoms with Gasteiger partial charge in [0.15, 0.2) is 0 Å². The molecule has 2 heterocycles. The predicted molar refractivity (Wildman–Crippen MR) is 66.8 cm³/mol. The first-order valence-corrected chi connectivity index (χ1v) is 6.63. The van der Waals surface area contributed by atoms with Crippen LogP contribution in [-0.2, 0) is 0 Å². The molecule has 3 rings (SSSR count). The lowest BCUT2D eigenvalue weighted by molar-refractivity contribution is -0.706. The number of carbonyl (C=O) groups excluding carboxylic acids is 1. The number of pyridine rings is 1. The Morgan fingerprint density at radius 3 is 2.74 bits per heavy atom. The van der Waals surface area contributed by atoms with Crippen LogP contribution >= 0.6 is 0 Å². The summed E-state index contributed by atoms with van der Waals surface area (Å²) in [6, 6.07) is 3.86. The Balaban J connectivity index is 2.23. The molecule has 1 aliphatic rings. The van der Waals surface area contributed by atoms with Crippen LogP contribution < -0.4 is 4.57 Å². The topological polar surface area (TPSA) is 45.6 Å². The maximum absolute atomic E-state index is 13.2. The summed E-state index contributed by atoms with van der Waals surface area (Å²) in [5, 5.41) is 10.2. The van der Waals surface area contributed by atoms with Gasteiger partial charge in [0.05, 0.1) is 6.20 Å². The predicted octanol–water partition coefficient (Wildman–Crippen LogP) is 2.55. The maximum atomic E-state index is 13.2. The van der Waals surface area contributed by atoms with Crippen LogP contribution in [0.15, 0.2) is 24.4 Å². The van der Waals surface area contributed by atoms with E-state index >= 15 is 0 Å². The van der Waals surface area contributed by atoms with Crippen molar-refractivity contribution in [2.45, 2.75) is 38.1 Å². The van der Waals surface area contributed by atoms with Crippen molar-refractivity contribution in [3.63, 3.8) is 0 Å². The lowest BCUT2D eigenvalue weighted by Gasteiger charge is -2.19. The molecule has 5 heteroatoms. The number of carbonyl (C=O) groups is 1. The van der Waals surface area contributed by atoms with Gasteiger partial charge in [0.1, 0.15) is 6.04 Å². The van der Waals surface area contributed by atoms with Crippen molar-refractivity contribution in [2.75, 3.05) is 0 Å².